The summed E-state index contributed by atoms with van der Waals surface area (Å²) in [5.74, 6) is 0. The molecule has 1 aromatic heterocycles. The Morgan fingerprint density at radius 1 is 1.33 bits per heavy atom. The number of hydrogen-bond donors (Lipinski definition) is 0. The zero-order valence-electron chi connectivity index (χ0n) is 9.81. The van der Waals surface area contributed by atoms with E-state index in [4.69, 9.17) is 0 Å². The van der Waals surface area contributed by atoms with Crippen molar-refractivity contribution in [3.05, 3.63) is 24.3 Å². The Labute approximate surface area is 90.7 Å². The molecule has 0 N–H and O–H groups in total. The molecule has 0 bridgehead atoms. The fraction of sp³-hybridized carbons (Fsp3) is 0.545. The maximum Gasteiger partial charge on any atom is 0.141 e. The lowest BCUT2D eigenvalue weighted by Crippen LogP contribution is -2.12. The van der Waals surface area contributed by atoms with E-state index in [1.54, 1.807) is 17.3 Å². The Balaban J connectivity index is 2.59. The number of nitrogens with zero attached hydrogens (tertiary/aromatic N) is 4. The molecule has 0 saturated carbocycles. The molecule has 0 saturated heterocycles. The van der Waals surface area contributed by atoms with Crippen molar-refractivity contribution in [3.8, 4) is 0 Å². The topological polar surface area (TPSA) is 43.1 Å². The van der Waals surface area contributed by atoms with Crippen LogP contribution >= 0.6 is 0 Å². The molecule has 0 amide bonds. The van der Waals surface area contributed by atoms with E-state index in [-0.39, 0.29) is 5.41 Å². The summed E-state index contributed by atoms with van der Waals surface area (Å²) in [7, 11) is 0. The standard InChI is InChI=1S/C11H18N4/c1-10(2)5-6-11(3,4)7-14-15-8-12-13-9-15/h5,7-9H,6H2,1-4H3/b14-7-. The van der Waals surface area contributed by atoms with E-state index in [2.05, 4.69) is 49.1 Å². The largest absolute Gasteiger partial charge is 0.208 e. The summed E-state index contributed by atoms with van der Waals surface area (Å²) in [5.41, 5.74) is 1.39. The lowest BCUT2D eigenvalue weighted by molar-refractivity contribution is 0.539. The SMILES string of the molecule is CC(C)=CCC(C)(C)/C=N\n1cnnc1. The van der Waals surface area contributed by atoms with Crippen LogP contribution < -0.4 is 0 Å². The van der Waals surface area contributed by atoms with E-state index in [0.29, 0.717) is 0 Å². The van der Waals surface area contributed by atoms with Gasteiger partial charge in [0.05, 0.1) is 0 Å². The van der Waals surface area contributed by atoms with Gasteiger partial charge in [0.15, 0.2) is 0 Å². The van der Waals surface area contributed by atoms with Gasteiger partial charge < -0.3 is 0 Å². The summed E-state index contributed by atoms with van der Waals surface area (Å²) in [6.45, 7) is 8.51. The molecule has 0 unspecified atom stereocenters. The third kappa shape index (κ3) is 4.54. The fourth-order valence-corrected chi connectivity index (χ4v) is 0.998. The van der Waals surface area contributed by atoms with E-state index in [9.17, 15) is 0 Å². The minimum atomic E-state index is 0.0571. The van der Waals surface area contributed by atoms with E-state index < -0.39 is 0 Å². The van der Waals surface area contributed by atoms with Gasteiger partial charge in [-0.3, -0.25) is 0 Å². The first kappa shape index (κ1) is 11.6. The smallest absolute Gasteiger partial charge is 0.141 e. The van der Waals surface area contributed by atoms with Gasteiger partial charge in [-0.05, 0) is 20.3 Å². The highest BCUT2D eigenvalue weighted by Crippen LogP contribution is 2.19. The molecular weight excluding hydrogens is 188 g/mol. The molecular formula is C11H18N4. The number of rotatable bonds is 4. The second-order valence-corrected chi connectivity index (χ2v) is 4.56. The van der Waals surface area contributed by atoms with Gasteiger partial charge in [0.25, 0.3) is 0 Å². The average molecular weight is 206 g/mol. The van der Waals surface area contributed by atoms with Crippen molar-refractivity contribution in [1.82, 2.24) is 14.9 Å². The minimum Gasteiger partial charge on any atom is -0.208 e. The van der Waals surface area contributed by atoms with Crippen molar-refractivity contribution in [2.45, 2.75) is 34.1 Å². The Morgan fingerprint density at radius 3 is 2.47 bits per heavy atom. The number of allylic oxidation sites excluding steroid dienone is 2. The summed E-state index contributed by atoms with van der Waals surface area (Å²) in [6, 6.07) is 0. The van der Waals surface area contributed by atoms with E-state index in [1.807, 2.05) is 6.21 Å². The summed E-state index contributed by atoms with van der Waals surface area (Å²) in [5, 5.41) is 11.6. The monoisotopic (exact) mass is 206 g/mol. The molecule has 1 heterocycles. The van der Waals surface area contributed by atoms with Crippen LogP contribution in [0.3, 0.4) is 0 Å². The molecule has 1 aromatic rings. The quantitative estimate of drug-likeness (QED) is 0.561. The van der Waals surface area contributed by atoms with Gasteiger partial charge in [0.2, 0.25) is 0 Å². The summed E-state index contributed by atoms with van der Waals surface area (Å²) >= 11 is 0. The van der Waals surface area contributed by atoms with Crippen LogP contribution in [-0.2, 0) is 0 Å². The first-order valence-corrected chi connectivity index (χ1v) is 5.03. The number of aromatic nitrogens is 3. The highest BCUT2D eigenvalue weighted by molar-refractivity contribution is 5.64. The third-order valence-electron chi connectivity index (χ3n) is 1.98. The molecule has 15 heavy (non-hydrogen) atoms. The van der Waals surface area contributed by atoms with Crippen LogP contribution in [0.15, 0.2) is 29.4 Å². The second-order valence-electron chi connectivity index (χ2n) is 4.56. The van der Waals surface area contributed by atoms with Crippen molar-refractivity contribution >= 4 is 6.21 Å². The van der Waals surface area contributed by atoms with Crippen LogP contribution in [-0.4, -0.2) is 21.1 Å². The van der Waals surface area contributed by atoms with Crippen LogP contribution in [0, 0.1) is 5.41 Å². The molecule has 0 spiro atoms. The first-order chi connectivity index (χ1) is 6.99. The molecule has 0 aliphatic carbocycles. The van der Waals surface area contributed by atoms with Gasteiger partial charge in [-0.25, -0.2) is 4.68 Å². The van der Waals surface area contributed by atoms with Crippen LogP contribution in [0.25, 0.3) is 0 Å². The molecule has 4 nitrogen and oxygen atoms in total. The van der Waals surface area contributed by atoms with Crippen molar-refractivity contribution in [2.24, 2.45) is 10.5 Å². The van der Waals surface area contributed by atoms with Gasteiger partial charge in [-0.1, -0.05) is 25.5 Å². The fourth-order valence-electron chi connectivity index (χ4n) is 0.998. The molecule has 1 rings (SSSR count). The van der Waals surface area contributed by atoms with Crippen LogP contribution in [0.4, 0.5) is 0 Å². The Hall–Kier alpha value is -1.45. The predicted octanol–water partition coefficient (Wildman–Crippen LogP) is 2.49. The van der Waals surface area contributed by atoms with Crippen LogP contribution in [0.2, 0.25) is 0 Å². The van der Waals surface area contributed by atoms with Gasteiger partial charge in [0.1, 0.15) is 12.7 Å². The third-order valence-corrected chi connectivity index (χ3v) is 1.98. The maximum atomic E-state index is 4.25. The predicted molar refractivity (Wildman–Crippen MR) is 61.7 cm³/mol. The van der Waals surface area contributed by atoms with Crippen molar-refractivity contribution in [1.29, 1.82) is 0 Å². The molecule has 0 aliphatic heterocycles. The molecule has 0 atom stereocenters. The first-order valence-electron chi connectivity index (χ1n) is 5.03. The molecule has 82 valence electrons. The average Bonchev–Trinajstić information content (AvgIpc) is 2.65. The van der Waals surface area contributed by atoms with Crippen molar-refractivity contribution < 1.29 is 0 Å². The van der Waals surface area contributed by atoms with E-state index in [1.165, 1.54) is 5.57 Å². The Bertz CT molecular complexity index is 343. The lowest BCUT2D eigenvalue weighted by atomic mass is 9.90. The Morgan fingerprint density at radius 2 is 1.93 bits per heavy atom. The van der Waals surface area contributed by atoms with E-state index in [0.717, 1.165) is 6.42 Å². The lowest BCUT2D eigenvalue weighted by Gasteiger charge is -2.16. The highest BCUT2D eigenvalue weighted by atomic mass is 15.4. The van der Waals surface area contributed by atoms with Gasteiger partial charge in [-0.2, -0.15) is 5.10 Å². The van der Waals surface area contributed by atoms with Gasteiger partial charge in [0, 0.05) is 11.6 Å². The summed E-state index contributed by atoms with van der Waals surface area (Å²) < 4.78 is 1.60. The van der Waals surface area contributed by atoms with Crippen LogP contribution in [0.5, 0.6) is 0 Å². The Kier molecular flexibility index (Phi) is 3.77. The minimum absolute atomic E-state index is 0.0571. The second kappa shape index (κ2) is 4.87. The van der Waals surface area contributed by atoms with Gasteiger partial charge >= 0.3 is 0 Å². The molecule has 4 heteroatoms. The van der Waals surface area contributed by atoms with Gasteiger partial charge in [-0.15, -0.1) is 10.2 Å². The highest BCUT2D eigenvalue weighted by Gasteiger charge is 2.12. The molecule has 0 radical (unpaired) electrons. The molecule has 0 aromatic carbocycles. The zero-order chi connectivity index (χ0) is 11.3. The van der Waals surface area contributed by atoms with Crippen molar-refractivity contribution in [2.75, 3.05) is 0 Å². The molecule has 0 aliphatic rings. The van der Waals surface area contributed by atoms with Crippen molar-refractivity contribution in [3.63, 3.8) is 0 Å². The molecule has 0 fully saturated rings. The zero-order valence-corrected chi connectivity index (χ0v) is 9.81. The summed E-state index contributed by atoms with van der Waals surface area (Å²) in [4.78, 5) is 0. The maximum absolute atomic E-state index is 4.25. The van der Waals surface area contributed by atoms with E-state index >= 15 is 0 Å². The normalized spacial score (nSPS) is 12.0. The van der Waals surface area contributed by atoms with Crippen LogP contribution in [0.1, 0.15) is 34.1 Å². The summed E-state index contributed by atoms with van der Waals surface area (Å²) in [6.07, 6.45) is 8.29. The number of hydrogen-bond acceptors (Lipinski definition) is 3.